The van der Waals surface area contributed by atoms with Crippen molar-refractivity contribution in [3.63, 3.8) is 0 Å². The van der Waals surface area contributed by atoms with Crippen molar-refractivity contribution < 1.29 is 23.8 Å². The molecular weight excluding hydrogens is 272 g/mol. The van der Waals surface area contributed by atoms with Crippen LogP contribution in [-0.4, -0.2) is 19.0 Å². The van der Waals surface area contributed by atoms with Gasteiger partial charge in [-0.3, -0.25) is 4.79 Å². The van der Waals surface area contributed by atoms with Crippen LogP contribution in [-0.2, 0) is 4.79 Å². The second-order valence-electron chi connectivity index (χ2n) is 4.18. The third kappa shape index (κ3) is 4.07. The Bertz CT molecular complexity index is 629. The van der Waals surface area contributed by atoms with Crippen molar-refractivity contribution in [2.45, 2.75) is 6.92 Å². The number of hydrogen-bond acceptors (Lipinski definition) is 5. The molecule has 0 fully saturated rings. The molecule has 0 atom stereocenters. The van der Waals surface area contributed by atoms with E-state index in [0.29, 0.717) is 22.8 Å². The van der Waals surface area contributed by atoms with Gasteiger partial charge < -0.3 is 14.2 Å². The molecule has 0 aliphatic carbocycles. The molecule has 0 aliphatic rings. The topological polar surface area (TPSA) is 61.8 Å². The lowest BCUT2D eigenvalue weighted by atomic mass is 10.2. The van der Waals surface area contributed by atoms with Crippen LogP contribution in [0.15, 0.2) is 48.5 Å². The van der Waals surface area contributed by atoms with Crippen LogP contribution in [0.1, 0.15) is 17.3 Å². The van der Waals surface area contributed by atoms with E-state index in [1.54, 1.807) is 55.6 Å². The van der Waals surface area contributed by atoms with E-state index in [9.17, 15) is 9.59 Å². The summed E-state index contributed by atoms with van der Waals surface area (Å²) in [5, 5.41) is 0. The molecule has 0 aliphatic heterocycles. The number of methoxy groups -OCH3 is 1. The molecule has 0 N–H and O–H groups in total. The normalized spacial score (nSPS) is 9.81. The quantitative estimate of drug-likeness (QED) is 0.639. The average Bonchev–Trinajstić information content (AvgIpc) is 2.49. The number of ether oxygens (including phenoxy) is 3. The summed E-state index contributed by atoms with van der Waals surface area (Å²) < 4.78 is 15.1. The smallest absolute Gasteiger partial charge is 0.343 e. The first kappa shape index (κ1) is 14.6. The Kier molecular flexibility index (Phi) is 4.56. The Morgan fingerprint density at radius 1 is 0.762 bits per heavy atom. The van der Waals surface area contributed by atoms with Gasteiger partial charge in [-0.15, -0.1) is 0 Å². The lowest BCUT2D eigenvalue weighted by molar-refractivity contribution is -0.131. The van der Waals surface area contributed by atoms with Crippen molar-refractivity contribution >= 4 is 11.9 Å². The molecule has 0 saturated heterocycles. The summed E-state index contributed by atoms with van der Waals surface area (Å²) in [7, 11) is 1.55. The molecule has 2 rings (SSSR count). The highest BCUT2D eigenvalue weighted by Crippen LogP contribution is 2.19. The molecule has 0 unspecified atom stereocenters. The third-order valence-electron chi connectivity index (χ3n) is 2.62. The highest BCUT2D eigenvalue weighted by Gasteiger charge is 2.09. The van der Waals surface area contributed by atoms with Gasteiger partial charge in [0.15, 0.2) is 0 Å². The largest absolute Gasteiger partial charge is 0.497 e. The highest BCUT2D eigenvalue weighted by molar-refractivity contribution is 5.91. The summed E-state index contributed by atoms with van der Waals surface area (Å²) in [5.74, 6) is 0.548. The van der Waals surface area contributed by atoms with E-state index in [0.717, 1.165) is 0 Å². The molecule has 0 heterocycles. The van der Waals surface area contributed by atoms with Crippen LogP contribution in [0.5, 0.6) is 17.2 Å². The predicted molar refractivity (Wildman–Crippen MR) is 75.7 cm³/mol. The van der Waals surface area contributed by atoms with Crippen molar-refractivity contribution in [2.24, 2.45) is 0 Å². The van der Waals surface area contributed by atoms with Crippen LogP contribution in [0.3, 0.4) is 0 Å². The minimum atomic E-state index is -0.474. The van der Waals surface area contributed by atoms with Gasteiger partial charge in [0.25, 0.3) is 0 Å². The van der Waals surface area contributed by atoms with Crippen LogP contribution < -0.4 is 14.2 Å². The van der Waals surface area contributed by atoms with Gasteiger partial charge in [-0.25, -0.2) is 4.79 Å². The Balaban J connectivity index is 2.03. The molecule has 5 nitrogen and oxygen atoms in total. The van der Waals surface area contributed by atoms with Crippen LogP contribution in [0.2, 0.25) is 0 Å². The summed E-state index contributed by atoms with van der Waals surface area (Å²) >= 11 is 0. The van der Waals surface area contributed by atoms with Crippen LogP contribution in [0.25, 0.3) is 0 Å². The zero-order chi connectivity index (χ0) is 15.2. The minimum Gasteiger partial charge on any atom is -0.497 e. The van der Waals surface area contributed by atoms with Crippen molar-refractivity contribution in [3.8, 4) is 17.2 Å². The summed E-state index contributed by atoms with van der Waals surface area (Å²) in [6.07, 6.45) is 0. The Morgan fingerprint density at radius 2 is 1.24 bits per heavy atom. The van der Waals surface area contributed by atoms with Crippen LogP contribution >= 0.6 is 0 Å². The van der Waals surface area contributed by atoms with Gasteiger partial charge in [-0.2, -0.15) is 0 Å². The molecule has 0 saturated carbocycles. The number of esters is 2. The number of carbonyl (C=O) groups is 2. The monoisotopic (exact) mass is 286 g/mol. The second-order valence-corrected chi connectivity index (χ2v) is 4.18. The van der Waals surface area contributed by atoms with E-state index in [1.165, 1.54) is 6.92 Å². The summed E-state index contributed by atoms with van der Waals surface area (Å²) in [5.41, 5.74) is 0.417. The van der Waals surface area contributed by atoms with Crippen molar-refractivity contribution in [3.05, 3.63) is 54.1 Å². The van der Waals surface area contributed by atoms with E-state index in [-0.39, 0.29) is 0 Å². The Labute approximate surface area is 122 Å². The Morgan fingerprint density at radius 3 is 1.71 bits per heavy atom. The minimum absolute atomic E-state index is 0.367. The van der Waals surface area contributed by atoms with E-state index >= 15 is 0 Å². The van der Waals surface area contributed by atoms with Gasteiger partial charge in [0.1, 0.15) is 17.2 Å². The van der Waals surface area contributed by atoms with Crippen molar-refractivity contribution in [1.29, 1.82) is 0 Å². The summed E-state index contributed by atoms with van der Waals surface area (Å²) in [4.78, 5) is 22.7. The van der Waals surface area contributed by atoms with Gasteiger partial charge in [0.2, 0.25) is 0 Å². The molecule has 2 aromatic carbocycles. The zero-order valence-corrected chi connectivity index (χ0v) is 11.7. The lowest BCUT2D eigenvalue weighted by Gasteiger charge is -2.06. The van der Waals surface area contributed by atoms with E-state index in [2.05, 4.69) is 0 Å². The van der Waals surface area contributed by atoms with Crippen LogP contribution in [0, 0.1) is 0 Å². The molecule has 2 aromatic rings. The number of hydrogen-bond donors (Lipinski definition) is 0. The van der Waals surface area contributed by atoms with E-state index in [1.807, 2.05) is 0 Å². The molecule has 0 bridgehead atoms. The fourth-order valence-corrected chi connectivity index (χ4v) is 1.63. The number of carbonyl (C=O) groups excluding carboxylic acids is 2. The molecule has 0 aromatic heterocycles. The number of benzene rings is 2. The maximum absolute atomic E-state index is 11.9. The maximum atomic E-state index is 11.9. The molecule has 21 heavy (non-hydrogen) atoms. The molecule has 5 heteroatoms. The first-order valence-electron chi connectivity index (χ1n) is 6.23. The molecule has 108 valence electrons. The van der Waals surface area contributed by atoms with Gasteiger partial charge >= 0.3 is 11.9 Å². The SMILES string of the molecule is COc1ccc(C(=O)Oc2ccc(OC(C)=O)cc2)cc1. The van der Waals surface area contributed by atoms with Crippen molar-refractivity contribution in [2.75, 3.05) is 7.11 Å². The van der Waals surface area contributed by atoms with Gasteiger partial charge in [0.05, 0.1) is 12.7 Å². The molecule has 0 spiro atoms. The Hall–Kier alpha value is -2.82. The lowest BCUT2D eigenvalue weighted by Crippen LogP contribution is -2.08. The summed E-state index contributed by atoms with van der Waals surface area (Å²) in [6.45, 7) is 1.32. The fraction of sp³-hybridized carbons (Fsp3) is 0.125. The molecule has 0 radical (unpaired) electrons. The molecular formula is C16H14O5. The fourth-order valence-electron chi connectivity index (χ4n) is 1.63. The summed E-state index contributed by atoms with van der Waals surface area (Å²) in [6, 6.07) is 12.8. The van der Waals surface area contributed by atoms with Gasteiger partial charge in [-0.05, 0) is 48.5 Å². The zero-order valence-electron chi connectivity index (χ0n) is 11.7. The van der Waals surface area contributed by atoms with E-state index in [4.69, 9.17) is 14.2 Å². The van der Waals surface area contributed by atoms with Gasteiger partial charge in [0, 0.05) is 6.92 Å². The van der Waals surface area contributed by atoms with Crippen LogP contribution in [0.4, 0.5) is 0 Å². The first-order chi connectivity index (χ1) is 10.1. The third-order valence-corrected chi connectivity index (χ3v) is 2.62. The van der Waals surface area contributed by atoms with Crippen molar-refractivity contribution in [1.82, 2.24) is 0 Å². The van der Waals surface area contributed by atoms with E-state index < -0.39 is 11.9 Å². The standard InChI is InChI=1S/C16H14O5/c1-11(17)20-14-7-9-15(10-8-14)21-16(18)12-3-5-13(19-2)6-4-12/h3-10H,1-2H3. The number of rotatable bonds is 4. The maximum Gasteiger partial charge on any atom is 0.343 e. The molecule has 0 amide bonds. The highest BCUT2D eigenvalue weighted by atomic mass is 16.5. The second kappa shape index (κ2) is 6.56. The van der Waals surface area contributed by atoms with Gasteiger partial charge in [-0.1, -0.05) is 0 Å². The average molecular weight is 286 g/mol. The predicted octanol–water partition coefficient (Wildman–Crippen LogP) is 2.84. The first-order valence-corrected chi connectivity index (χ1v) is 6.23.